The van der Waals surface area contributed by atoms with E-state index in [2.05, 4.69) is 23.8 Å². The van der Waals surface area contributed by atoms with Crippen LogP contribution in [0, 0.1) is 11.3 Å². The number of rotatable bonds is 10. The monoisotopic (exact) mass is 266 g/mol. The van der Waals surface area contributed by atoms with E-state index < -0.39 is 6.17 Å². The Morgan fingerprint density at radius 1 is 1.05 bits per heavy atom. The first kappa shape index (κ1) is 17.8. The van der Waals surface area contributed by atoms with Gasteiger partial charge in [-0.15, -0.1) is 0 Å². The smallest absolute Gasteiger partial charge is 0.211 e. The molecule has 0 N–H and O–H groups in total. The van der Waals surface area contributed by atoms with E-state index in [9.17, 15) is 9.59 Å². The summed E-state index contributed by atoms with van der Waals surface area (Å²) < 4.78 is 0. The van der Waals surface area contributed by atoms with E-state index in [1.54, 1.807) is 0 Å². The molecule has 0 aliphatic heterocycles. The van der Waals surface area contributed by atoms with Crippen molar-refractivity contribution in [2.75, 3.05) is 0 Å². The topological polar surface area (TPSA) is 58.9 Å². The summed E-state index contributed by atoms with van der Waals surface area (Å²) >= 11 is 0. The Kier molecular flexibility index (Phi) is 9.03. The predicted molar refractivity (Wildman–Crippen MR) is 76.4 cm³/mol. The molecular weight excluding hydrogens is 240 g/mol. The number of isocyanates is 2. The Morgan fingerprint density at radius 3 is 2.11 bits per heavy atom. The van der Waals surface area contributed by atoms with Crippen molar-refractivity contribution in [1.29, 1.82) is 0 Å². The highest BCUT2D eigenvalue weighted by Crippen LogP contribution is 2.33. The zero-order valence-electron chi connectivity index (χ0n) is 12.6. The van der Waals surface area contributed by atoms with Crippen LogP contribution in [-0.2, 0) is 9.59 Å². The van der Waals surface area contributed by atoms with Gasteiger partial charge in [-0.25, -0.2) is 9.59 Å². The molecule has 0 saturated carbocycles. The van der Waals surface area contributed by atoms with E-state index in [-0.39, 0.29) is 5.41 Å². The van der Waals surface area contributed by atoms with E-state index in [1.165, 1.54) is 37.8 Å². The van der Waals surface area contributed by atoms with Crippen LogP contribution >= 0.6 is 0 Å². The third kappa shape index (κ3) is 7.71. The number of unbranched alkanes of at least 4 members (excludes halogenated alkanes) is 3. The quantitative estimate of drug-likeness (QED) is 0.341. The van der Waals surface area contributed by atoms with E-state index >= 15 is 0 Å². The van der Waals surface area contributed by atoms with E-state index in [1.807, 2.05) is 13.8 Å². The number of hydrogen-bond donors (Lipinski definition) is 0. The van der Waals surface area contributed by atoms with Crippen LogP contribution in [0.4, 0.5) is 0 Å². The molecule has 0 spiro atoms. The molecule has 0 aromatic rings. The fourth-order valence-electron chi connectivity index (χ4n) is 2.50. The van der Waals surface area contributed by atoms with Crippen LogP contribution in [0.15, 0.2) is 9.98 Å². The predicted octanol–water partition coefficient (Wildman–Crippen LogP) is 4.01. The van der Waals surface area contributed by atoms with Crippen molar-refractivity contribution in [2.24, 2.45) is 21.3 Å². The van der Waals surface area contributed by atoms with Gasteiger partial charge >= 0.3 is 0 Å². The van der Waals surface area contributed by atoms with E-state index in [0.29, 0.717) is 5.92 Å². The molecule has 0 rings (SSSR count). The Hall–Kier alpha value is -1.24. The molecule has 0 aromatic carbocycles. The maximum Gasteiger partial charge on any atom is 0.237 e. The van der Waals surface area contributed by atoms with Gasteiger partial charge < -0.3 is 0 Å². The number of aliphatic imine (C=N–C) groups is 2. The highest BCUT2D eigenvalue weighted by atomic mass is 16.1. The second-order valence-corrected chi connectivity index (χ2v) is 5.96. The van der Waals surface area contributed by atoms with Gasteiger partial charge in [0.15, 0.2) is 6.17 Å². The first-order valence-corrected chi connectivity index (χ1v) is 7.12. The summed E-state index contributed by atoms with van der Waals surface area (Å²) in [6.07, 6.45) is 9.37. The van der Waals surface area contributed by atoms with Crippen LogP contribution in [0.5, 0.6) is 0 Å². The summed E-state index contributed by atoms with van der Waals surface area (Å²) in [4.78, 5) is 28.0. The lowest BCUT2D eigenvalue weighted by Gasteiger charge is -2.30. The maximum absolute atomic E-state index is 10.4. The molecule has 0 aliphatic carbocycles. The van der Waals surface area contributed by atoms with Crippen molar-refractivity contribution < 1.29 is 9.59 Å². The lowest BCUT2D eigenvalue weighted by molar-refractivity contribution is 0.220. The van der Waals surface area contributed by atoms with Crippen LogP contribution in [0.25, 0.3) is 0 Å². The number of carbonyl (C=O) groups excluding carboxylic acids is 2. The van der Waals surface area contributed by atoms with Crippen molar-refractivity contribution in [3.63, 3.8) is 0 Å². The van der Waals surface area contributed by atoms with Crippen LogP contribution in [0.3, 0.4) is 0 Å². The zero-order valence-corrected chi connectivity index (χ0v) is 12.6. The molecule has 1 atom stereocenters. The van der Waals surface area contributed by atoms with Gasteiger partial charge in [0.25, 0.3) is 0 Å². The Labute approximate surface area is 116 Å². The third-order valence-corrected chi connectivity index (χ3v) is 3.47. The maximum atomic E-state index is 10.4. The van der Waals surface area contributed by atoms with Gasteiger partial charge in [-0.2, -0.15) is 9.98 Å². The van der Waals surface area contributed by atoms with Crippen LogP contribution < -0.4 is 0 Å². The molecule has 108 valence electrons. The molecule has 0 aromatic heterocycles. The van der Waals surface area contributed by atoms with E-state index in [4.69, 9.17) is 0 Å². The molecule has 0 amide bonds. The van der Waals surface area contributed by atoms with Gasteiger partial charge in [0.2, 0.25) is 12.2 Å². The number of nitrogens with zero attached hydrogens (tertiary/aromatic N) is 2. The van der Waals surface area contributed by atoms with Crippen molar-refractivity contribution in [2.45, 2.75) is 72.4 Å². The van der Waals surface area contributed by atoms with Crippen molar-refractivity contribution in [3.05, 3.63) is 0 Å². The highest BCUT2D eigenvalue weighted by molar-refractivity contribution is 5.37. The van der Waals surface area contributed by atoms with Crippen LogP contribution in [0.1, 0.15) is 66.2 Å². The van der Waals surface area contributed by atoms with Gasteiger partial charge in [0, 0.05) is 5.41 Å². The van der Waals surface area contributed by atoms with Gasteiger partial charge in [-0.05, 0) is 12.3 Å². The normalized spacial score (nSPS) is 14.1. The van der Waals surface area contributed by atoms with Crippen LogP contribution in [-0.4, -0.2) is 18.3 Å². The molecule has 4 heteroatoms. The lowest BCUT2D eigenvalue weighted by atomic mass is 9.79. The molecular formula is C15H26N2O2. The molecule has 0 bridgehead atoms. The number of hydrogen-bond acceptors (Lipinski definition) is 4. The summed E-state index contributed by atoms with van der Waals surface area (Å²) in [5.41, 5.74) is -0.320. The zero-order chi connectivity index (χ0) is 14.7. The lowest BCUT2D eigenvalue weighted by Crippen LogP contribution is -2.28. The second kappa shape index (κ2) is 9.66. The van der Waals surface area contributed by atoms with Gasteiger partial charge in [-0.3, -0.25) is 0 Å². The third-order valence-electron chi connectivity index (χ3n) is 3.47. The minimum atomic E-state index is -0.666. The minimum Gasteiger partial charge on any atom is -0.211 e. The average molecular weight is 266 g/mol. The summed E-state index contributed by atoms with van der Waals surface area (Å²) in [5, 5.41) is 0. The molecule has 0 fully saturated rings. The molecule has 0 saturated heterocycles. The Balaban J connectivity index is 4.38. The van der Waals surface area contributed by atoms with Gasteiger partial charge in [0.1, 0.15) is 0 Å². The Bertz CT molecular complexity index is 322. The van der Waals surface area contributed by atoms with Crippen molar-refractivity contribution in [3.8, 4) is 0 Å². The fraction of sp³-hybridized carbons (Fsp3) is 0.867. The molecule has 0 radical (unpaired) electrons. The molecule has 4 nitrogen and oxygen atoms in total. The SMILES string of the molecule is CCCCCCC(C)CC(C)(C)C(N=C=O)N=C=O. The molecule has 19 heavy (non-hydrogen) atoms. The molecule has 0 heterocycles. The van der Waals surface area contributed by atoms with E-state index in [0.717, 1.165) is 12.8 Å². The van der Waals surface area contributed by atoms with Crippen molar-refractivity contribution >= 4 is 12.2 Å². The minimum absolute atomic E-state index is 0.320. The first-order chi connectivity index (χ1) is 8.97. The average Bonchev–Trinajstić information content (AvgIpc) is 2.34. The van der Waals surface area contributed by atoms with Crippen molar-refractivity contribution in [1.82, 2.24) is 0 Å². The molecule has 1 unspecified atom stereocenters. The summed E-state index contributed by atoms with van der Waals surface area (Å²) in [6.45, 7) is 8.34. The summed E-state index contributed by atoms with van der Waals surface area (Å²) in [5.74, 6) is 0.526. The molecule has 0 aliphatic rings. The Morgan fingerprint density at radius 2 is 1.63 bits per heavy atom. The highest BCUT2D eigenvalue weighted by Gasteiger charge is 2.31. The summed E-state index contributed by atoms with van der Waals surface area (Å²) in [7, 11) is 0. The summed E-state index contributed by atoms with van der Waals surface area (Å²) in [6, 6.07) is 0. The fourth-order valence-corrected chi connectivity index (χ4v) is 2.50. The largest absolute Gasteiger partial charge is 0.237 e. The van der Waals surface area contributed by atoms with Crippen LogP contribution in [0.2, 0.25) is 0 Å². The second-order valence-electron chi connectivity index (χ2n) is 5.96. The van der Waals surface area contributed by atoms with Gasteiger partial charge in [0.05, 0.1) is 0 Å². The van der Waals surface area contributed by atoms with Gasteiger partial charge in [-0.1, -0.05) is 59.8 Å². The standard InChI is InChI=1S/C15H26N2O2/c1-5-6-7-8-9-13(2)10-15(3,4)14(16-11-18)17-12-19/h13-14H,5-10H2,1-4H3. The first-order valence-electron chi connectivity index (χ1n) is 7.12.